The summed E-state index contributed by atoms with van der Waals surface area (Å²) in [7, 11) is 3.13. The van der Waals surface area contributed by atoms with Gasteiger partial charge in [-0.1, -0.05) is 0 Å². The lowest BCUT2D eigenvalue weighted by Crippen LogP contribution is -2.68. The van der Waals surface area contributed by atoms with Crippen molar-refractivity contribution in [3.05, 3.63) is 11.9 Å². The van der Waals surface area contributed by atoms with Crippen LogP contribution in [0.1, 0.15) is 12.2 Å². The van der Waals surface area contributed by atoms with Crippen LogP contribution in [0.2, 0.25) is 0 Å². The molecule has 1 unspecified atom stereocenters. The predicted octanol–water partition coefficient (Wildman–Crippen LogP) is -0.681. The van der Waals surface area contributed by atoms with Gasteiger partial charge in [0.1, 0.15) is 12.4 Å². The standard InChI is InChI=1S/C14H20N4O4/c1-21-6-10-16-11(3-12(17-10)22-2)18-7-14(8-18)4-9(19)5-15-13(14)20/h3,9,19H,4-8H2,1-2H3,(H,15,20). The van der Waals surface area contributed by atoms with Gasteiger partial charge in [-0.3, -0.25) is 4.79 Å². The van der Waals surface area contributed by atoms with Gasteiger partial charge in [0.15, 0.2) is 5.82 Å². The van der Waals surface area contributed by atoms with Crippen LogP contribution < -0.4 is 15.0 Å². The zero-order chi connectivity index (χ0) is 15.7. The van der Waals surface area contributed by atoms with E-state index in [4.69, 9.17) is 9.47 Å². The van der Waals surface area contributed by atoms with E-state index in [1.54, 1.807) is 20.3 Å². The molecule has 3 heterocycles. The van der Waals surface area contributed by atoms with Crippen LogP contribution in [0.15, 0.2) is 6.07 Å². The highest BCUT2D eigenvalue weighted by molar-refractivity contribution is 5.87. The minimum atomic E-state index is -0.517. The molecule has 1 aromatic heterocycles. The van der Waals surface area contributed by atoms with Gasteiger partial charge in [-0.15, -0.1) is 0 Å². The quantitative estimate of drug-likeness (QED) is 0.760. The molecule has 2 fully saturated rings. The summed E-state index contributed by atoms with van der Waals surface area (Å²) in [4.78, 5) is 22.7. The second-order valence-electron chi connectivity index (χ2n) is 5.82. The lowest BCUT2D eigenvalue weighted by molar-refractivity contribution is -0.139. The fraction of sp³-hybridized carbons (Fsp3) is 0.643. The number of aliphatic hydroxyl groups excluding tert-OH is 1. The number of amides is 1. The Hall–Kier alpha value is -1.93. The third kappa shape index (κ3) is 2.59. The molecule has 2 aliphatic rings. The monoisotopic (exact) mass is 308 g/mol. The lowest BCUT2D eigenvalue weighted by atomic mass is 9.72. The van der Waals surface area contributed by atoms with E-state index in [0.29, 0.717) is 50.2 Å². The molecule has 8 heteroatoms. The maximum absolute atomic E-state index is 12.1. The summed E-state index contributed by atoms with van der Waals surface area (Å²) in [5.74, 6) is 1.71. The Kier molecular flexibility index (Phi) is 3.88. The van der Waals surface area contributed by atoms with Crippen LogP contribution in [0.5, 0.6) is 5.88 Å². The van der Waals surface area contributed by atoms with Crippen molar-refractivity contribution in [2.24, 2.45) is 5.41 Å². The van der Waals surface area contributed by atoms with Crippen LogP contribution in [-0.4, -0.2) is 60.9 Å². The van der Waals surface area contributed by atoms with Gasteiger partial charge in [-0.2, -0.15) is 4.98 Å². The summed E-state index contributed by atoms with van der Waals surface area (Å²) >= 11 is 0. The van der Waals surface area contributed by atoms with Crippen molar-refractivity contribution >= 4 is 11.7 Å². The fourth-order valence-corrected chi connectivity index (χ4v) is 3.05. The number of carbonyl (C=O) groups excluding carboxylic acids is 1. The molecule has 8 nitrogen and oxygen atoms in total. The molecule has 0 aliphatic carbocycles. The molecule has 0 saturated carbocycles. The summed E-state index contributed by atoms with van der Waals surface area (Å²) in [6.45, 7) is 1.69. The van der Waals surface area contributed by atoms with E-state index in [9.17, 15) is 9.90 Å². The highest BCUT2D eigenvalue weighted by Gasteiger charge is 2.52. The Labute approximate surface area is 128 Å². The molecule has 1 aromatic rings. The number of methoxy groups -OCH3 is 2. The molecule has 1 amide bonds. The van der Waals surface area contributed by atoms with E-state index in [-0.39, 0.29) is 5.91 Å². The minimum absolute atomic E-state index is 0.00665. The molecular formula is C14H20N4O4. The molecule has 2 saturated heterocycles. The third-order valence-corrected chi connectivity index (χ3v) is 4.14. The zero-order valence-electron chi connectivity index (χ0n) is 12.7. The first-order valence-electron chi connectivity index (χ1n) is 7.18. The number of hydrogen-bond donors (Lipinski definition) is 2. The number of β-amino-alcohol motifs (C(OH)–C–C–N with tert-alkyl or cyclic N) is 1. The van der Waals surface area contributed by atoms with Crippen LogP contribution >= 0.6 is 0 Å². The average molecular weight is 308 g/mol. The Morgan fingerprint density at radius 2 is 2.23 bits per heavy atom. The van der Waals surface area contributed by atoms with E-state index in [0.717, 1.165) is 0 Å². The smallest absolute Gasteiger partial charge is 0.230 e. The van der Waals surface area contributed by atoms with Crippen LogP contribution in [0.4, 0.5) is 5.82 Å². The van der Waals surface area contributed by atoms with E-state index < -0.39 is 11.5 Å². The van der Waals surface area contributed by atoms with Gasteiger partial charge in [0.05, 0.1) is 18.6 Å². The van der Waals surface area contributed by atoms with Crippen LogP contribution in [0, 0.1) is 5.41 Å². The molecule has 2 aliphatic heterocycles. The number of rotatable bonds is 4. The van der Waals surface area contributed by atoms with Gasteiger partial charge in [0.2, 0.25) is 11.8 Å². The number of aromatic nitrogens is 2. The molecule has 1 spiro atoms. The van der Waals surface area contributed by atoms with E-state index in [1.165, 1.54) is 0 Å². The van der Waals surface area contributed by atoms with E-state index in [2.05, 4.69) is 15.3 Å². The van der Waals surface area contributed by atoms with Crippen LogP contribution in [0.3, 0.4) is 0 Å². The maximum Gasteiger partial charge on any atom is 0.230 e. The Morgan fingerprint density at radius 3 is 2.91 bits per heavy atom. The van der Waals surface area contributed by atoms with E-state index in [1.807, 2.05) is 4.90 Å². The highest BCUT2D eigenvalue weighted by Crippen LogP contribution is 2.40. The van der Waals surface area contributed by atoms with Gasteiger partial charge < -0.3 is 24.8 Å². The number of piperidine rings is 1. The summed E-state index contributed by atoms with van der Waals surface area (Å²) in [5.41, 5.74) is -0.517. The van der Waals surface area contributed by atoms with Crippen molar-refractivity contribution in [2.45, 2.75) is 19.1 Å². The SMILES string of the molecule is COCc1nc(OC)cc(N2CC3(CC(O)CNC3=O)C2)n1. The normalized spacial score (nSPS) is 23.1. The molecule has 0 aromatic carbocycles. The van der Waals surface area contributed by atoms with Crippen molar-refractivity contribution in [1.29, 1.82) is 0 Å². The summed E-state index contributed by atoms with van der Waals surface area (Å²) in [6.07, 6.45) is 0.00601. The van der Waals surface area contributed by atoms with E-state index >= 15 is 0 Å². The molecule has 22 heavy (non-hydrogen) atoms. The van der Waals surface area contributed by atoms with Gasteiger partial charge in [0, 0.05) is 32.8 Å². The first kappa shape index (κ1) is 15.0. The summed E-state index contributed by atoms with van der Waals surface area (Å²) in [6, 6.07) is 1.74. The molecule has 0 radical (unpaired) electrons. The second kappa shape index (κ2) is 5.69. The van der Waals surface area contributed by atoms with Gasteiger partial charge in [0.25, 0.3) is 0 Å². The Bertz CT molecular complexity index is 574. The number of carbonyl (C=O) groups is 1. The first-order chi connectivity index (χ1) is 10.6. The molecule has 3 rings (SSSR count). The van der Waals surface area contributed by atoms with Crippen molar-refractivity contribution < 1.29 is 19.4 Å². The molecular weight excluding hydrogens is 288 g/mol. The summed E-state index contributed by atoms with van der Waals surface area (Å²) < 4.78 is 10.2. The van der Waals surface area contributed by atoms with Gasteiger partial charge in [-0.05, 0) is 6.42 Å². The van der Waals surface area contributed by atoms with Crippen molar-refractivity contribution in [3.8, 4) is 5.88 Å². The van der Waals surface area contributed by atoms with Gasteiger partial charge >= 0.3 is 0 Å². The number of anilines is 1. The van der Waals surface area contributed by atoms with Crippen molar-refractivity contribution in [2.75, 3.05) is 38.8 Å². The largest absolute Gasteiger partial charge is 0.481 e. The van der Waals surface area contributed by atoms with Crippen LogP contribution in [0.25, 0.3) is 0 Å². The van der Waals surface area contributed by atoms with Crippen LogP contribution in [-0.2, 0) is 16.1 Å². The number of nitrogens with one attached hydrogen (secondary N) is 1. The third-order valence-electron chi connectivity index (χ3n) is 4.14. The number of nitrogens with zero attached hydrogens (tertiary/aromatic N) is 3. The topological polar surface area (TPSA) is 96.8 Å². The zero-order valence-corrected chi connectivity index (χ0v) is 12.7. The number of aliphatic hydroxyl groups is 1. The molecule has 1 atom stereocenters. The molecule has 0 bridgehead atoms. The fourth-order valence-electron chi connectivity index (χ4n) is 3.05. The minimum Gasteiger partial charge on any atom is -0.481 e. The first-order valence-corrected chi connectivity index (χ1v) is 7.18. The van der Waals surface area contributed by atoms with Crippen molar-refractivity contribution in [3.63, 3.8) is 0 Å². The number of hydrogen-bond acceptors (Lipinski definition) is 7. The summed E-state index contributed by atoms with van der Waals surface area (Å²) in [5, 5.41) is 12.5. The average Bonchev–Trinajstić information content (AvgIpc) is 2.47. The number of ether oxygens (including phenoxy) is 2. The molecule has 2 N–H and O–H groups in total. The van der Waals surface area contributed by atoms with Gasteiger partial charge in [-0.25, -0.2) is 4.98 Å². The Morgan fingerprint density at radius 1 is 1.45 bits per heavy atom. The highest BCUT2D eigenvalue weighted by atomic mass is 16.5. The predicted molar refractivity (Wildman–Crippen MR) is 77.6 cm³/mol. The maximum atomic E-state index is 12.1. The second-order valence-corrected chi connectivity index (χ2v) is 5.82. The molecule has 120 valence electrons. The van der Waals surface area contributed by atoms with Crippen molar-refractivity contribution in [1.82, 2.24) is 15.3 Å². The Balaban J connectivity index is 1.76. The lowest BCUT2D eigenvalue weighted by Gasteiger charge is -2.52.